The zero-order chi connectivity index (χ0) is 13.2. The molecule has 0 aliphatic carbocycles. The number of aliphatic hydroxyl groups excluding tert-OH is 1. The quantitative estimate of drug-likeness (QED) is 0.791. The van der Waals surface area contributed by atoms with Crippen LogP contribution in [0, 0.1) is 5.41 Å². The first-order chi connectivity index (χ1) is 7.77. The van der Waals surface area contributed by atoms with Crippen LogP contribution in [0.2, 0.25) is 0 Å². The average molecular weight is 276 g/mol. The maximum Gasteiger partial charge on any atom is 0.127 e. The van der Waals surface area contributed by atoms with Crippen LogP contribution in [-0.4, -0.2) is 23.4 Å². The molecular weight excluding hydrogens is 254 g/mol. The molecule has 1 aromatic carbocycles. The maximum atomic E-state index is 10.2. The van der Waals surface area contributed by atoms with Gasteiger partial charge in [0.15, 0.2) is 0 Å². The zero-order valence-electron chi connectivity index (χ0n) is 11.2. The second kappa shape index (κ2) is 6.27. The Balaban J connectivity index is 0.00000289. The van der Waals surface area contributed by atoms with Gasteiger partial charge in [0.1, 0.15) is 11.5 Å². The molecule has 0 amide bonds. The third-order valence-corrected chi connectivity index (χ3v) is 2.80. The number of nitrogens with two attached hydrogens (primary N) is 1. The molecule has 0 unspecified atom stereocenters. The minimum absolute atomic E-state index is 0. The summed E-state index contributed by atoms with van der Waals surface area (Å²) in [4.78, 5) is 0. The normalized spacial score (nSPS) is 14.6. The van der Waals surface area contributed by atoms with Crippen LogP contribution in [0.25, 0.3) is 0 Å². The van der Waals surface area contributed by atoms with Crippen molar-refractivity contribution in [3.63, 3.8) is 0 Å². The van der Waals surface area contributed by atoms with Gasteiger partial charge in [0.25, 0.3) is 0 Å². The Bertz CT molecular complexity index is 390. The molecule has 5 heteroatoms. The largest absolute Gasteiger partial charge is 0.508 e. The molecular formula is C13H22ClNO3. The van der Waals surface area contributed by atoms with Crippen molar-refractivity contribution in [3.8, 4) is 11.5 Å². The van der Waals surface area contributed by atoms with Gasteiger partial charge in [0, 0.05) is 11.6 Å². The molecule has 1 aromatic rings. The Morgan fingerprint density at radius 1 is 1.28 bits per heavy atom. The minimum atomic E-state index is -0.694. The Kier molecular flexibility index (Phi) is 5.93. The van der Waals surface area contributed by atoms with E-state index < -0.39 is 12.1 Å². The van der Waals surface area contributed by atoms with E-state index in [4.69, 9.17) is 10.5 Å². The Morgan fingerprint density at radius 2 is 1.83 bits per heavy atom. The smallest absolute Gasteiger partial charge is 0.127 e. The van der Waals surface area contributed by atoms with E-state index in [9.17, 15) is 10.2 Å². The van der Waals surface area contributed by atoms with E-state index in [0.717, 1.165) is 0 Å². The predicted octanol–water partition coefficient (Wildman–Crippen LogP) is 2.23. The summed E-state index contributed by atoms with van der Waals surface area (Å²) in [6.07, 6.45) is -0.694. The van der Waals surface area contributed by atoms with Gasteiger partial charge in [-0.25, -0.2) is 0 Å². The lowest BCUT2D eigenvalue weighted by molar-refractivity contribution is 0.0394. The number of aromatic hydroxyl groups is 1. The van der Waals surface area contributed by atoms with Gasteiger partial charge in [0.05, 0.1) is 19.3 Å². The van der Waals surface area contributed by atoms with Gasteiger partial charge in [-0.15, -0.1) is 12.4 Å². The molecule has 0 heterocycles. The molecule has 4 N–H and O–H groups in total. The highest BCUT2D eigenvalue weighted by atomic mass is 35.5. The van der Waals surface area contributed by atoms with Gasteiger partial charge in [-0.2, -0.15) is 0 Å². The van der Waals surface area contributed by atoms with E-state index in [0.29, 0.717) is 11.3 Å². The predicted molar refractivity (Wildman–Crippen MR) is 74.3 cm³/mol. The molecule has 0 aliphatic rings. The van der Waals surface area contributed by atoms with Gasteiger partial charge in [-0.3, -0.25) is 0 Å². The van der Waals surface area contributed by atoms with Crippen LogP contribution in [0.1, 0.15) is 32.4 Å². The lowest BCUT2D eigenvalue weighted by atomic mass is 9.82. The summed E-state index contributed by atoms with van der Waals surface area (Å²) >= 11 is 0. The molecule has 18 heavy (non-hydrogen) atoms. The fourth-order valence-corrected chi connectivity index (χ4v) is 1.68. The van der Waals surface area contributed by atoms with Crippen LogP contribution in [0.3, 0.4) is 0 Å². The van der Waals surface area contributed by atoms with Crippen molar-refractivity contribution >= 4 is 12.4 Å². The summed E-state index contributed by atoms with van der Waals surface area (Å²) in [5.74, 6) is 0.601. The molecule has 0 bridgehead atoms. The number of phenols is 1. The van der Waals surface area contributed by atoms with Gasteiger partial charge >= 0.3 is 0 Å². The molecule has 2 atom stereocenters. The Morgan fingerprint density at radius 3 is 2.28 bits per heavy atom. The number of phenolic OH excluding ortho intramolecular Hbond substituents is 1. The van der Waals surface area contributed by atoms with E-state index in [2.05, 4.69) is 0 Å². The molecule has 4 nitrogen and oxygen atoms in total. The van der Waals surface area contributed by atoms with E-state index in [1.807, 2.05) is 20.8 Å². The minimum Gasteiger partial charge on any atom is -0.508 e. The number of rotatable bonds is 3. The standard InChI is InChI=1S/C13H21NO3.ClH/c1-13(2,3)12(16)11(14)9-6-5-8(15)7-10(9)17-4;/h5-7,11-12,15-16H,14H2,1-4H3;1H/t11-,12-;/m1./s1. The highest BCUT2D eigenvalue weighted by molar-refractivity contribution is 5.85. The van der Waals surface area contributed by atoms with E-state index in [1.165, 1.54) is 19.2 Å². The molecule has 0 aromatic heterocycles. The highest BCUT2D eigenvalue weighted by Crippen LogP contribution is 2.34. The van der Waals surface area contributed by atoms with Crippen molar-refractivity contribution < 1.29 is 14.9 Å². The van der Waals surface area contributed by atoms with E-state index in [-0.39, 0.29) is 23.6 Å². The molecule has 0 saturated carbocycles. The average Bonchev–Trinajstić information content (AvgIpc) is 2.25. The highest BCUT2D eigenvalue weighted by Gasteiger charge is 2.30. The van der Waals surface area contributed by atoms with Gasteiger partial charge in [-0.05, 0) is 17.5 Å². The fraction of sp³-hybridized carbons (Fsp3) is 0.538. The number of aliphatic hydroxyl groups is 1. The molecule has 0 radical (unpaired) electrons. The van der Waals surface area contributed by atoms with Crippen molar-refractivity contribution in [1.82, 2.24) is 0 Å². The Labute approximate surface area is 114 Å². The molecule has 0 saturated heterocycles. The van der Waals surface area contributed by atoms with Crippen LogP contribution in [0.5, 0.6) is 11.5 Å². The molecule has 0 fully saturated rings. The lowest BCUT2D eigenvalue weighted by Crippen LogP contribution is -2.37. The van der Waals surface area contributed by atoms with Crippen molar-refractivity contribution in [2.24, 2.45) is 11.1 Å². The van der Waals surface area contributed by atoms with Crippen LogP contribution in [0.4, 0.5) is 0 Å². The van der Waals surface area contributed by atoms with E-state index in [1.54, 1.807) is 6.07 Å². The third-order valence-electron chi connectivity index (χ3n) is 2.80. The number of hydrogen-bond donors (Lipinski definition) is 3. The zero-order valence-corrected chi connectivity index (χ0v) is 12.0. The van der Waals surface area contributed by atoms with Crippen molar-refractivity contribution in [2.45, 2.75) is 32.9 Å². The first-order valence-electron chi connectivity index (χ1n) is 5.58. The molecule has 0 spiro atoms. The van der Waals surface area contributed by atoms with E-state index >= 15 is 0 Å². The molecule has 0 aliphatic heterocycles. The summed E-state index contributed by atoms with van der Waals surface area (Å²) in [5.41, 5.74) is 6.41. The second-order valence-electron chi connectivity index (χ2n) is 5.26. The summed E-state index contributed by atoms with van der Waals surface area (Å²) in [7, 11) is 1.51. The van der Waals surface area contributed by atoms with Crippen molar-refractivity contribution in [2.75, 3.05) is 7.11 Å². The molecule has 1 rings (SSSR count). The van der Waals surface area contributed by atoms with Crippen molar-refractivity contribution in [1.29, 1.82) is 0 Å². The summed E-state index contributed by atoms with van der Waals surface area (Å²) in [6.45, 7) is 5.76. The number of methoxy groups -OCH3 is 1. The second-order valence-corrected chi connectivity index (χ2v) is 5.26. The summed E-state index contributed by atoms with van der Waals surface area (Å²) in [6, 6.07) is 4.15. The number of halogens is 1. The van der Waals surface area contributed by atoms with Gasteiger partial charge < -0.3 is 20.7 Å². The van der Waals surface area contributed by atoms with Gasteiger partial charge in [0.2, 0.25) is 0 Å². The number of benzene rings is 1. The lowest BCUT2D eigenvalue weighted by Gasteiger charge is -2.31. The van der Waals surface area contributed by atoms with Crippen molar-refractivity contribution in [3.05, 3.63) is 23.8 Å². The summed E-state index contributed by atoms with van der Waals surface area (Å²) < 4.78 is 5.16. The summed E-state index contributed by atoms with van der Waals surface area (Å²) in [5, 5.41) is 19.5. The monoisotopic (exact) mass is 275 g/mol. The maximum absolute atomic E-state index is 10.2. The van der Waals surface area contributed by atoms with Crippen LogP contribution < -0.4 is 10.5 Å². The number of ether oxygens (including phenoxy) is 1. The topological polar surface area (TPSA) is 75.7 Å². The number of hydrogen-bond acceptors (Lipinski definition) is 4. The SMILES string of the molecule is COc1cc(O)ccc1[C@@H](N)[C@@H](O)C(C)(C)C.Cl. The van der Waals surface area contributed by atoms with Crippen LogP contribution in [-0.2, 0) is 0 Å². The van der Waals surface area contributed by atoms with Crippen LogP contribution >= 0.6 is 12.4 Å². The first kappa shape index (κ1) is 17.0. The fourth-order valence-electron chi connectivity index (χ4n) is 1.68. The third kappa shape index (κ3) is 3.77. The first-order valence-corrected chi connectivity index (χ1v) is 5.58. The Hall–Kier alpha value is -0.970. The molecule has 104 valence electrons. The van der Waals surface area contributed by atoms with Gasteiger partial charge in [-0.1, -0.05) is 20.8 Å². The van der Waals surface area contributed by atoms with Crippen LogP contribution in [0.15, 0.2) is 18.2 Å².